The fraction of sp³-hybridized carbons (Fsp3) is 0. The highest BCUT2D eigenvalue weighted by molar-refractivity contribution is 5.93. The first-order valence-corrected chi connectivity index (χ1v) is 5.19. The lowest BCUT2D eigenvalue weighted by Crippen LogP contribution is -2.30. The van der Waals surface area contributed by atoms with Crippen LogP contribution in [-0.2, 0) is 0 Å². The van der Waals surface area contributed by atoms with Crippen LogP contribution in [0.1, 0.15) is 10.5 Å². The highest BCUT2D eigenvalue weighted by Gasteiger charge is 2.13. The number of nitrogens with zero attached hydrogens (tertiary/aromatic N) is 1. The van der Waals surface area contributed by atoms with E-state index in [4.69, 9.17) is 0 Å². The lowest BCUT2D eigenvalue weighted by Gasteiger charge is -2.08. The van der Waals surface area contributed by atoms with Gasteiger partial charge in [0.2, 0.25) is 0 Å². The van der Waals surface area contributed by atoms with E-state index in [0.717, 1.165) is 6.20 Å². The third-order valence-electron chi connectivity index (χ3n) is 2.19. The van der Waals surface area contributed by atoms with Gasteiger partial charge in [-0.05, 0) is 24.3 Å². The summed E-state index contributed by atoms with van der Waals surface area (Å²) in [6.07, 6.45) is 0.732. The molecule has 2 aromatic rings. The van der Waals surface area contributed by atoms with Crippen LogP contribution in [0.2, 0.25) is 0 Å². The van der Waals surface area contributed by atoms with Gasteiger partial charge in [-0.2, -0.15) is 0 Å². The van der Waals surface area contributed by atoms with E-state index in [1.807, 2.05) is 0 Å². The molecule has 0 saturated heterocycles. The van der Waals surface area contributed by atoms with Gasteiger partial charge in [-0.25, -0.2) is 18.2 Å². The van der Waals surface area contributed by atoms with Gasteiger partial charge in [0.1, 0.15) is 11.6 Å². The highest BCUT2D eigenvalue weighted by Crippen LogP contribution is 2.08. The number of anilines is 1. The standard InChI is InChI=1S/C12H8F3N3O/c13-7-1-3-9(4-2-7)17-18-12(19)11-10(15)5-8(14)6-16-11/h1-6,17H,(H,18,19). The molecule has 19 heavy (non-hydrogen) atoms. The average Bonchev–Trinajstić information content (AvgIpc) is 2.37. The second-order valence-corrected chi connectivity index (χ2v) is 3.57. The van der Waals surface area contributed by atoms with Gasteiger partial charge in [-0.3, -0.25) is 15.6 Å². The maximum atomic E-state index is 13.2. The number of pyridine rings is 1. The van der Waals surface area contributed by atoms with Crippen molar-refractivity contribution in [2.75, 3.05) is 5.43 Å². The number of halogens is 3. The van der Waals surface area contributed by atoms with Crippen LogP contribution < -0.4 is 10.9 Å². The van der Waals surface area contributed by atoms with Crippen LogP contribution in [-0.4, -0.2) is 10.9 Å². The number of aromatic nitrogens is 1. The molecule has 0 aliphatic rings. The molecule has 2 rings (SSSR count). The van der Waals surface area contributed by atoms with E-state index in [0.29, 0.717) is 11.8 Å². The van der Waals surface area contributed by atoms with Crippen molar-refractivity contribution in [3.05, 3.63) is 59.7 Å². The molecular formula is C12H8F3N3O. The summed E-state index contributed by atoms with van der Waals surface area (Å²) < 4.78 is 38.5. The Labute approximate surface area is 106 Å². The van der Waals surface area contributed by atoms with Crippen LogP contribution in [0, 0.1) is 17.5 Å². The number of nitrogens with one attached hydrogen (secondary N) is 2. The van der Waals surface area contributed by atoms with Gasteiger partial charge in [0.05, 0.1) is 11.9 Å². The van der Waals surface area contributed by atoms with Crippen molar-refractivity contribution in [2.24, 2.45) is 0 Å². The Morgan fingerprint density at radius 3 is 2.37 bits per heavy atom. The third-order valence-corrected chi connectivity index (χ3v) is 2.19. The van der Waals surface area contributed by atoms with Gasteiger partial charge in [-0.1, -0.05) is 0 Å². The van der Waals surface area contributed by atoms with E-state index in [1.54, 1.807) is 0 Å². The predicted octanol–water partition coefficient (Wildman–Crippen LogP) is 2.26. The molecule has 98 valence electrons. The summed E-state index contributed by atoms with van der Waals surface area (Å²) in [4.78, 5) is 14.9. The van der Waals surface area contributed by atoms with Crippen molar-refractivity contribution in [2.45, 2.75) is 0 Å². The number of carbonyl (C=O) groups is 1. The second kappa shape index (κ2) is 5.38. The number of benzene rings is 1. The molecule has 0 bridgehead atoms. The molecule has 0 aliphatic carbocycles. The Hall–Kier alpha value is -2.57. The summed E-state index contributed by atoms with van der Waals surface area (Å²) in [6, 6.07) is 5.68. The summed E-state index contributed by atoms with van der Waals surface area (Å²) in [6.45, 7) is 0. The van der Waals surface area contributed by atoms with Crippen molar-refractivity contribution in [1.82, 2.24) is 10.4 Å². The third kappa shape index (κ3) is 3.21. The first-order valence-electron chi connectivity index (χ1n) is 5.19. The van der Waals surface area contributed by atoms with Gasteiger partial charge >= 0.3 is 0 Å². The minimum absolute atomic E-state index is 0.400. The quantitative estimate of drug-likeness (QED) is 0.839. The van der Waals surface area contributed by atoms with Gasteiger partial charge < -0.3 is 0 Å². The molecule has 0 aliphatic heterocycles. The highest BCUT2D eigenvalue weighted by atomic mass is 19.1. The predicted molar refractivity (Wildman–Crippen MR) is 61.6 cm³/mol. The Morgan fingerprint density at radius 2 is 1.74 bits per heavy atom. The molecule has 0 unspecified atom stereocenters. The fourth-order valence-electron chi connectivity index (χ4n) is 1.30. The molecule has 0 radical (unpaired) electrons. The molecule has 0 atom stereocenters. The van der Waals surface area contributed by atoms with Gasteiger partial charge in [-0.15, -0.1) is 0 Å². The van der Waals surface area contributed by atoms with E-state index in [1.165, 1.54) is 24.3 Å². The summed E-state index contributed by atoms with van der Waals surface area (Å²) >= 11 is 0. The maximum absolute atomic E-state index is 13.2. The van der Waals surface area contributed by atoms with Gasteiger partial charge in [0.15, 0.2) is 11.5 Å². The van der Waals surface area contributed by atoms with Crippen molar-refractivity contribution in [3.8, 4) is 0 Å². The zero-order valence-corrected chi connectivity index (χ0v) is 9.45. The molecule has 0 spiro atoms. The van der Waals surface area contributed by atoms with Crippen molar-refractivity contribution in [3.63, 3.8) is 0 Å². The topological polar surface area (TPSA) is 54.0 Å². The molecule has 2 N–H and O–H groups in total. The molecule has 1 aromatic heterocycles. The Balaban J connectivity index is 2.03. The fourth-order valence-corrected chi connectivity index (χ4v) is 1.30. The zero-order chi connectivity index (χ0) is 13.8. The first kappa shape index (κ1) is 12.9. The Kier molecular flexibility index (Phi) is 3.65. The summed E-state index contributed by atoms with van der Waals surface area (Å²) in [7, 11) is 0. The summed E-state index contributed by atoms with van der Waals surface area (Å²) in [5.41, 5.74) is 4.46. The number of hydrazine groups is 1. The van der Waals surface area contributed by atoms with Crippen LogP contribution in [0.3, 0.4) is 0 Å². The summed E-state index contributed by atoms with van der Waals surface area (Å²) in [5.74, 6) is -3.25. The van der Waals surface area contributed by atoms with Crippen LogP contribution in [0.25, 0.3) is 0 Å². The van der Waals surface area contributed by atoms with Crippen LogP contribution in [0.5, 0.6) is 0 Å². The van der Waals surface area contributed by atoms with Crippen molar-refractivity contribution < 1.29 is 18.0 Å². The Bertz CT molecular complexity index is 602. The van der Waals surface area contributed by atoms with E-state index >= 15 is 0 Å². The average molecular weight is 267 g/mol. The van der Waals surface area contributed by atoms with E-state index in [2.05, 4.69) is 15.8 Å². The van der Waals surface area contributed by atoms with Crippen molar-refractivity contribution >= 4 is 11.6 Å². The molecule has 0 saturated carbocycles. The minimum Gasteiger partial charge on any atom is -0.298 e. The second-order valence-electron chi connectivity index (χ2n) is 3.57. The Morgan fingerprint density at radius 1 is 1.05 bits per heavy atom. The smallest absolute Gasteiger partial charge is 0.291 e. The maximum Gasteiger partial charge on any atom is 0.291 e. The molecular weight excluding hydrogens is 259 g/mol. The molecule has 1 aromatic carbocycles. The summed E-state index contributed by atoms with van der Waals surface area (Å²) in [5, 5.41) is 0. The number of rotatable bonds is 3. The lowest BCUT2D eigenvalue weighted by atomic mass is 10.3. The number of hydrogen-bond acceptors (Lipinski definition) is 3. The number of carbonyl (C=O) groups excluding carboxylic acids is 1. The van der Waals surface area contributed by atoms with E-state index < -0.39 is 29.1 Å². The molecule has 1 amide bonds. The lowest BCUT2D eigenvalue weighted by molar-refractivity contribution is 0.0953. The molecule has 7 heteroatoms. The van der Waals surface area contributed by atoms with Crippen LogP contribution in [0.4, 0.5) is 18.9 Å². The SMILES string of the molecule is O=C(NNc1ccc(F)cc1)c1ncc(F)cc1F. The van der Waals surface area contributed by atoms with Gasteiger partial charge in [0.25, 0.3) is 5.91 Å². The normalized spacial score (nSPS) is 10.1. The molecule has 0 fully saturated rings. The van der Waals surface area contributed by atoms with Crippen molar-refractivity contribution in [1.29, 1.82) is 0 Å². The molecule has 4 nitrogen and oxygen atoms in total. The zero-order valence-electron chi connectivity index (χ0n) is 9.45. The van der Waals surface area contributed by atoms with E-state index in [-0.39, 0.29) is 0 Å². The number of hydrogen-bond donors (Lipinski definition) is 2. The first-order chi connectivity index (χ1) is 9.06. The minimum atomic E-state index is -1.07. The monoisotopic (exact) mass is 267 g/mol. The van der Waals surface area contributed by atoms with Gasteiger partial charge in [0, 0.05) is 6.07 Å². The molecule has 1 heterocycles. The van der Waals surface area contributed by atoms with E-state index in [9.17, 15) is 18.0 Å². The van der Waals surface area contributed by atoms with Crippen LogP contribution >= 0.6 is 0 Å². The number of amides is 1. The van der Waals surface area contributed by atoms with Crippen LogP contribution in [0.15, 0.2) is 36.5 Å². The largest absolute Gasteiger partial charge is 0.298 e.